The summed E-state index contributed by atoms with van der Waals surface area (Å²) < 4.78 is 4.97. The van der Waals surface area contributed by atoms with Crippen molar-refractivity contribution in [3.8, 4) is 0 Å². The largest absolute Gasteiger partial charge is 0.481 e. The highest BCUT2D eigenvalue weighted by molar-refractivity contribution is 7.99. The first-order valence-corrected chi connectivity index (χ1v) is 9.18. The van der Waals surface area contributed by atoms with Crippen molar-refractivity contribution in [1.82, 2.24) is 4.90 Å². The summed E-state index contributed by atoms with van der Waals surface area (Å²) in [5.41, 5.74) is 0.938. The van der Waals surface area contributed by atoms with Gasteiger partial charge in [0.2, 0.25) is 5.91 Å². The zero-order chi connectivity index (χ0) is 17.4. The molecule has 6 nitrogen and oxygen atoms in total. The molecule has 0 aliphatic carbocycles. The van der Waals surface area contributed by atoms with Crippen LogP contribution in [0.15, 0.2) is 35.2 Å². The number of amides is 1. The number of carboxylic acid groups (broad SMARTS) is 1. The molecule has 1 aromatic rings. The van der Waals surface area contributed by atoms with E-state index in [9.17, 15) is 14.7 Å². The highest BCUT2D eigenvalue weighted by Crippen LogP contribution is 2.21. The van der Waals surface area contributed by atoms with Gasteiger partial charge in [-0.05, 0) is 30.2 Å². The van der Waals surface area contributed by atoms with E-state index in [1.165, 1.54) is 11.8 Å². The maximum Gasteiger partial charge on any atom is 0.313 e. The van der Waals surface area contributed by atoms with Gasteiger partial charge in [-0.3, -0.25) is 9.59 Å². The van der Waals surface area contributed by atoms with Gasteiger partial charge in [-0.25, -0.2) is 0 Å². The number of furan rings is 1. The van der Waals surface area contributed by atoms with E-state index in [-0.39, 0.29) is 17.7 Å². The Morgan fingerprint density at radius 3 is 3.00 bits per heavy atom. The predicted octanol–water partition coefficient (Wildman–Crippen LogP) is 1.94. The second-order valence-corrected chi connectivity index (χ2v) is 6.91. The van der Waals surface area contributed by atoms with Crippen molar-refractivity contribution in [1.29, 1.82) is 0 Å². The number of unbranched alkanes of at least 4 members (excludes halogenated alkanes) is 1. The third-order valence-electron chi connectivity index (χ3n) is 3.85. The molecule has 2 rings (SSSR count). The van der Waals surface area contributed by atoms with Crippen LogP contribution in [-0.2, 0) is 16.0 Å². The van der Waals surface area contributed by atoms with Crippen LogP contribution in [0.25, 0.3) is 0 Å². The quantitative estimate of drug-likeness (QED) is 0.359. The maximum absolute atomic E-state index is 11.7. The zero-order valence-corrected chi connectivity index (χ0v) is 14.3. The summed E-state index contributed by atoms with van der Waals surface area (Å²) in [5, 5.41) is 18.5. The standard InChI is InChI=1S/C17H23NO5S/c19-15(9-13-5-7-23-11-13)4-3-14-10-16(20)18(14)6-1-2-8-24-12-17(21)22/h3-5,7,11,14-15,19H,1-2,6,8-10,12H2,(H,21,22)/t14-,15?/m0/s1. The molecule has 1 aliphatic heterocycles. The predicted molar refractivity (Wildman–Crippen MR) is 91.9 cm³/mol. The molecule has 2 heterocycles. The van der Waals surface area contributed by atoms with E-state index < -0.39 is 12.1 Å². The first-order chi connectivity index (χ1) is 11.6. The topological polar surface area (TPSA) is 91.0 Å². The summed E-state index contributed by atoms with van der Waals surface area (Å²) in [4.78, 5) is 23.9. The summed E-state index contributed by atoms with van der Waals surface area (Å²) in [5.74, 6) is 0.255. The van der Waals surface area contributed by atoms with Gasteiger partial charge < -0.3 is 19.5 Å². The van der Waals surface area contributed by atoms with Crippen LogP contribution in [0.1, 0.15) is 24.8 Å². The number of rotatable bonds is 11. The summed E-state index contributed by atoms with van der Waals surface area (Å²) >= 11 is 1.40. The lowest BCUT2D eigenvalue weighted by Gasteiger charge is -2.39. The van der Waals surface area contributed by atoms with Gasteiger partial charge in [0.05, 0.1) is 36.8 Å². The molecular weight excluding hydrogens is 330 g/mol. The molecule has 0 radical (unpaired) electrons. The van der Waals surface area contributed by atoms with Crippen molar-refractivity contribution in [3.63, 3.8) is 0 Å². The Kier molecular flexibility index (Phi) is 7.39. The molecule has 1 amide bonds. The van der Waals surface area contributed by atoms with Crippen molar-refractivity contribution in [3.05, 3.63) is 36.3 Å². The average Bonchev–Trinajstić information content (AvgIpc) is 3.02. The molecule has 1 unspecified atom stereocenters. The number of likely N-dealkylation sites (tertiary alicyclic amines) is 1. The average molecular weight is 353 g/mol. The number of thioether (sulfide) groups is 1. The minimum absolute atomic E-state index is 0.0585. The van der Waals surface area contributed by atoms with Gasteiger partial charge in [0, 0.05) is 13.0 Å². The molecular formula is C17H23NO5S. The van der Waals surface area contributed by atoms with Crippen molar-refractivity contribution in [2.24, 2.45) is 0 Å². The third-order valence-corrected chi connectivity index (χ3v) is 4.88. The van der Waals surface area contributed by atoms with Crippen molar-refractivity contribution >= 4 is 23.6 Å². The van der Waals surface area contributed by atoms with E-state index >= 15 is 0 Å². The number of carbonyl (C=O) groups is 2. The summed E-state index contributed by atoms with van der Waals surface area (Å²) in [6.45, 7) is 0.680. The minimum atomic E-state index is -0.794. The van der Waals surface area contributed by atoms with Crippen LogP contribution in [0.2, 0.25) is 0 Å². The zero-order valence-electron chi connectivity index (χ0n) is 13.5. The second-order valence-electron chi connectivity index (χ2n) is 5.80. The number of aliphatic carboxylic acids is 1. The second kappa shape index (κ2) is 9.54. The minimum Gasteiger partial charge on any atom is -0.481 e. The van der Waals surface area contributed by atoms with Crippen LogP contribution < -0.4 is 0 Å². The fraction of sp³-hybridized carbons (Fsp3) is 0.529. The van der Waals surface area contributed by atoms with Gasteiger partial charge >= 0.3 is 5.97 Å². The molecule has 1 aliphatic rings. The lowest BCUT2D eigenvalue weighted by Crippen LogP contribution is -2.51. The Bertz CT molecular complexity index is 557. The molecule has 0 aromatic carbocycles. The highest BCUT2D eigenvalue weighted by Gasteiger charge is 2.33. The molecule has 132 valence electrons. The lowest BCUT2D eigenvalue weighted by molar-refractivity contribution is -0.143. The van der Waals surface area contributed by atoms with Gasteiger partial charge in [-0.1, -0.05) is 12.2 Å². The number of hydrogen-bond donors (Lipinski definition) is 2. The fourth-order valence-electron chi connectivity index (χ4n) is 2.56. The molecule has 0 saturated carbocycles. The van der Waals surface area contributed by atoms with E-state index in [0.717, 1.165) is 24.2 Å². The molecule has 2 atom stereocenters. The molecule has 1 fully saturated rings. The Labute approximate surface area is 145 Å². The van der Waals surface area contributed by atoms with E-state index in [1.54, 1.807) is 18.6 Å². The van der Waals surface area contributed by atoms with Gasteiger partial charge in [0.25, 0.3) is 0 Å². The van der Waals surface area contributed by atoms with Crippen LogP contribution in [0.5, 0.6) is 0 Å². The van der Waals surface area contributed by atoms with Crippen molar-refractivity contribution < 1.29 is 24.2 Å². The van der Waals surface area contributed by atoms with Crippen molar-refractivity contribution in [2.75, 3.05) is 18.1 Å². The van der Waals surface area contributed by atoms with E-state index in [1.807, 2.05) is 17.0 Å². The van der Waals surface area contributed by atoms with Gasteiger partial charge in [-0.15, -0.1) is 0 Å². The molecule has 1 aromatic heterocycles. The van der Waals surface area contributed by atoms with Gasteiger partial charge in [0.1, 0.15) is 0 Å². The third kappa shape index (κ3) is 6.05. The monoisotopic (exact) mass is 353 g/mol. The summed E-state index contributed by atoms with van der Waals surface area (Å²) in [6, 6.07) is 1.88. The smallest absolute Gasteiger partial charge is 0.313 e. The molecule has 0 bridgehead atoms. The Hall–Kier alpha value is -1.73. The van der Waals surface area contributed by atoms with Gasteiger partial charge in [0.15, 0.2) is 0 Å². The fourth-order valence-corrected chi connectivity index (χ4v) is 3.29. The van der Waals surface area contributed by atoms with E-state index in [2.05, 4.69) is 0 Å². The number of carbonyl (C=O) groups excluding carboxylic acids is 1. The summed E-state index contributed by atoms with van der Waals surface area (Å²) in [7, 11) is 0. The van der Waals surface area contributed by atoms with Crippen LogP contribution in [0.3, 0.4) is 0 Å². The van der Waals surface area contributed by atoms with E-state index in [0.29, 0.717) is 19.4 Å². The van der Waals surface area contributed by atoms with Crippen LogP contribution in [0, 0.1) is 0 Å². The van der Waals surface area contributed by atoms with Crippen LogP contribution >= 0.6 is 11.8 Å². The normalized spacial score (nSPS) is 18.8. The SMILES string of the molecule is O=C(O)CSCCCCN1C(=O)C[C@@H]1C=CC(O)Cc1ccoc1. The number of aliphatic hydroxyl groups is 1. The summed E-state index contributed by atoms with van der Waals surface area (Å²) in [6.07, 6.45) is 8.96. The Morgan fingerprint density at radius 1 is 1.50 bits per heavy atom. The van der Waals surface area contributed by atoms with Crippen LogP contribution in [-0.4, -0.2) is 57.2 Å². The first-order valence-electron chi connectivity index (χ1n) is 8.02. The highest BCUT2D eigenvalue weighted by atomic mass is 32.2. The first kappa shape index (κ1) is 18.6. The number of nitrogens with zero attached hydrogens (tertiary/aromatic N) is 1. The van der Waals surface area contributed by atoms with Crippen LogP contribution in [0.4, 0.5) is 0 Å². The van der Waals surface area contributed by atoms with E-state index in [4.69, 9.17) is 9.52 Å². The van der Waals surface area contributed by atoms with Crippen molar-refractivity contribution in [2.45, 2.75) is 37.8 Å². The molecule has 24 heavy (non-hydrogen) atoms. The molecule has 1 saturated heterocycles. The van der Waals surface area contributed by atoms with Gasteiger partial charge in [-0.2, -0.15) is 11.8 Å². The molecule has 2 N–H and O–H groups in total. The number of carboxylic acids is 1. The number of β-lactam (4-membered cyclic amide) rings is 1. The molecule has 0 spiro atoms. The Morgan fingerprint density at radius 2 is 2.33 bits per heavy atom. The number of aliphatic hydroxyl groups excluding tert-OH is 1. The number of hydrogen-bond acceptors (Lipinski definition) is 5. The lowest BCUT2D eigenvalue weighted by atomic mass is 9.99. The Balaban J connectivity index is 1.65. The molecule has 7 heteroatoms. The maximum atomic E-state index is 11.7.